The third-order valence-electron chi connectivity index (χ3n) is 6.36. The molecule has 5 N–H and O–H groups in total. The molecule has 1 aromatic heterocycles. The molecule has 4 aromatic rings. The van der Waals surface area contributed by atoms with Crippen LogP contribution in [0.4, 0.5) is 21.5 Å². The van der Waals surface area contributed by atoms with Gasteiger partial charge in [0.2, 0.25) is 0 Å². The van der Waals surface area contributed by atoms with E-state index < -0.39 is 6.23 Å². The summed E-state index contributed by atoms with van der Waals surface area (Å²) in [7, 11) is 4.01. The number of hydrogen-bond donors (Lipinski definition) is 5. The summed E-state index contributed by atoms with van der Waals surface area (Å²) in [6.45, 7) is 3.97. The van der Waals surface area contributed by atoms with Gasteiger partial charge in [-0.15, -0.1) is 0 Å². The Morgan fingerprint density at radius 1 is 0.976 bits per heavy atom. The van der Waals surface area contributed by atoms with E-state index in [-0.39, 0.29) is 22.3 Å². The molecule has 216 valence electrons. The lowest BCUT2D eigenvalue weighted by atomic mass is 10.1. The number of nitrogens with zero attached hydrogens (tertiary/aromatic N) is 1. The summed E-state index contributed by atoms with van der Waals surface area (Å²) in [6, 6.07) is 19.2. The summed E-state index contributed by atoms with van der Waals surface area (Å²) in [6.07, 6.45) is 0.309. The van der Waals surface area contributed by atoms with Gasteiger partial charge in [-0.05, 0) is 74.1 Å². The number of amides is 1. The fourth-order valence-electron chi connectivity index (χ4n) is 4.34. The number of aryl methyl sites for hydroxylation is 1. The van der Waals surface area contributed by atoms with Crippen LogP contribution in [-0.2, 0) is 13.1 Å². The number of furan rings is 1. The second kappa shape index (κ2) is 14.0. The van der Waals surface area contributed by atoms with E-state index in [1.165, 1.54) is 18.4 Å². The van der Waals surface area contributed by atoms with E-state index in [4.69, 9.17) is 16.0 Å². The molecule has 1 unspecified atom stereocenters. The van der Waals surface area contributed by atoms with Gasteiger partial charge in [0.05, 0.1) is 28.2 Å². The Bertz CT molecular complexity index is 1460. The minimum Gasteiger partial charge on any atom is -0.465 e. The second-order valence-corrected chi connectivity index (χ2v) is 10.4. The highest BCUT2D eigenvalue weighted by atomic mass is 35.5. The van der Waals surface area contributed by atoms with E-state index in [2.05, 4.69) is 32.2 Å². The molecule has 3 aromatic carbocycles. The van der Waals surface area contributed by atoms with Crippen molar-refractivity contribution in [3.05, 3.63) is 112 Å². The zero-order valence-corrected chi connectivity index (χ0v) is 24.1. The van der Waals surface area contributed by atoms with E-state index in [1.54, 1.807) is 30.3 Å². The van der Waals surface area contributed by atoms with E-state index in [1.807, 2.05) is 39.2 Å². The Morgan fingerprint density at radius 2 is 1.73 bits per heavy atom. The summed E-state index contributed by atoms with van der Waals surface area (Å²) < 4.78 is 18.9. The number of hydrogen-bond acceptors (Lipinski definition) is 7. The first kappa shape index (κ1) is 29.9. The maximum atomic E-state index is 13.6. The molecule has 10 heteroatoms. The van der Waals surface area contributed by atoms with Crippen LogP contribution in [0.1, 0.15) is 39.0 Å². The van der Waals surface area contributed by atoms with Gasteiger partial charge < -0.3 is 35.7 Å². The number of aliphatic hydroxyl groups excluding tert-OH is 1. The molecule has 1 heterocycles. The van der Waals surface area contributed by atoms with E-state index >= 15 is 0 Å². The lowest BCUT2D eigenvalue weighted by molar-refractivity contribution is 0.0951. The Balaban J connectivity index is 1.48. The highest BCUT2D eigenvalue weighted by Crippen LogP contribution is 2.32. The van der Waals surface area contributed by atoms with Gasteiger partial charge in [0.15, 0.2) is 12.0 Å². The predicted octanol–water partition coefficient (Wildman–Crippen LogP) is 6.00. The van der Waals surface area contributed by atoms with Crippen molar-refractivity contribution in [1.82, 2.24) is 10.2 Å². The standard InChI is InChI=1S/C31H35ClFN5O3/c1-20-9-10-23(33)15-26(20)34-11-12-35-27-17-25(32)24(16-28(27)37-31(40)29-8-5-13-41-29)30(39)36-18-21-6-4-7-22(14-21)19-38(2)3/h4-10,13-17,31,34-35,37,40H,11-12,18-19H2,1-3H3,(H,36,39). The van der Waals surface area contributed by atoms with Gasteiger partial charge in [-0.25, -0.2) is 4.39 Å². The third-order valence-corrected chi connectivity index (χ3v) is 6.67. The summed E-state index contributed by atoms with van der Waals surface area (Å²) >= 11 is 6.57. The van der Waals surface area contributed by atoms with Crippen LogP contribution in [0, 0.1) is 12.7 Å². The Hall–Kier alpha value is -4.05. The van der Waals surface area contributed by atoms with Crippen molar-refractivity contribution < 1.29 is 18.7 Å². The Morgan fingerprint density at radius 3 is 2.46 bits per heavy atom. The molecule has 41 heavy (non-hydrogen) atoms. The van der Waals surface area contributed by atoms with Crippen molar-refractivity contribution in [2.75, 3.05) is 43.1 Å². The molecule has 0 spiro atoms. The number of anilines is 3. The number of benzene rings is 3. The lowest BCUT2D eigenvalue weighted by Crippen LogP contribution is -2.24. The number of halogens is 2. The minimum atomic E-state index is -1.16. The van der Waals surface area contributed by atoms with Crippen LogP contribution in [-0.4, -0.2) is 43.1 Å². The van der Waals surface area contributed by atoms with Crippen molar-refractivity contribution in [3.63, 3.8) is 0 Å². The first-order valence-corrected chi connectivity index (χ1v) is 13.6. The molecule has 1 amide bonds. The fraction of sp³-hybridized carbons (Fsp3) is 0.258. The molecule has 0 saturated heterocycles. The molecular formula is C31H35ClFN5O3. The number of carbonyl (C=O) groups is 1. The first-order chi connectivity index (χ1) is 19.7. The summed E-state index contributed by atoms with van der Waals surface area (Å²) in [5.41, 5.74) is 5.04. The van der Waals surface area contributed by atoms with Crippen LogP contribution >= 0.6 is 11.6 Å². The summed E-state index contributed by atoms with van der Waals surface area (Å²) in [5, 5.41) is 23.4. The van der Waals surface area contributed by atoms with Gasteiger partial charge >= 0.3 is 0 Å². The molecule has 4 rings (SSSR count). The third kappa shape index (κ3) is 8.47. The monoisotopic (exact) mass is 579 g/mol. The predicted molar refractivity (Wildman–Crippen MR) is 162 cm³/mol. The second-order valence-electron chi connectivity index (χ2n) is 9.99. The molecule has 8 nitrogen and oxygen atoms in total. The van der Waals surface area contributed by atoms with E-state index in [0.717, 1.165) is 23.2 Å². The number of nitrogens with one attached hydrogen (secondary N) is 4. The Labute approximate surface area is 244 Å². The van der Waals surface area contributed by atoms with Crippen molar-refractivity contribution in [2.45, 2.75) is 26.2 Å². The van der Waals surface area contributed by atoms with E-state index in [0.29, 0.717) is 42.5 Å². The quantitative estimate of drug-likeness (QED) is 0.0978. The minimum absolute atomic E-state index is 0.248. The molecule has 0 saturated carbocycles. The normalized spacial score (nSPS) is 11.8. The van der Waals surface area contributed by atoms with Crippen LogP contribution in [0.5, 0.6) is 0 Å². The van der Waals surface area contributed by atoms with Crippen molar-refractivity contribution in [2.24, 2.45) is 0 Å². The van der Waals surface area contributed by atoms with E-state index in [9.17, 15) is 14.3 Å². The topological polar surface area (TPSA) is 102 Å². The van der Waals surface area contributed by atoms with Gasteiger partial charge in [-0.3, -0.25) is 4.79 Å². The van der Waals surface area contributed by atoms with Crippen LogP contribution in [0.25, 0.3) is 0 Å². The van der Waals surface area contributed by atoms with Crippen molar-refractivity contribution in [1.29, 1.82) is 0 Å². The zero-order chi connectivity index (χ0) is 29.4. The molecule has 0 aliphatic heterocycles. The zero-order valence-electron chi connectivity index (χ0n) is 23.3. The SMILES string of the molecule is Cc1ccc(F)cc1NCCNc1cc(Cl)c(C(=O)NCc2cccc(CN(C)C)c2)cc1NC(O)c1ccco1. The molecule has 0 fully saturated rings. The summed E-state index contributed by atoms with van der Waals surface area (Å²) in [4.78, 5) is 15.3. The van der Waals surface area contributed by atoms with Gasteiger partial charge in [0, 0.05) is 31.9 Å². The van der Waals surface area contributed by atoms with Crippen LogP contribution < -0.4 is 21.3 Å². The van der Waals surface area contributed by atoms with Crippen molar-refractivity contribution in [3.8, 4) is 0 Å². The Kier molecular flexibility index (Phi) is 10.2. The van der Waals surface area contributed by atoms with Crippen LogP contribution in [0.2, 0.25) is 5.02 Å². The maximum absolute atomic E-state index is 13.6. The largest absolute Gasteiger partial charge is 0.465 e. The highest BCUT2D eigenvalue weighted by molar-refractivity contribution is 6.34. The van der Waals surface area contributed by atoms with Gasteiger partial charge in [-0.2, -0.15) is 0 Å². The van der Waals surface area contributed by atoms with Gasteiger partial charge in [0.1, 0.15) is 5.82 Å². The smallest absolute Gasteiger partial charge is 0.253 e. The molecule has 0 aliphatic carbocycles. The average molecular weight is 580 g/mol. The molecule has 0 aliphatic rings. The number of rotatable bonds is 13. The molecule has 0 bridgehead atoms. The molecule has 0 radical (unpaired) electrons. The van der Waals surface area contributed by atoms with Crippen LogP contribution in [0.3, 0.4) is 0 Å². The van der Waals surface area contributed by atoms with Gasteiger partial charge in [0.25, 0.3) is 5.91 Å². The molecule has 1 atom stereocenters. The van der Waals surface area contributed by atoms with Gasteiger partial charge in [-0.1, -0.05) is 41.9 Å². The lowest BCUT2D eigenvalue weighted by Gasteiger charge is -2.19. The van der Waals surface area contributed by atoms with Crippen LogP contribution in [0.15, 0.2) is 77.4 Å². The number of carbonyl (C=O) groups excluding carboxylic acids is 1. The highest BCUT2D eigenvalue weighted by Gasteiger charge is 2.18. The maximum Gasteiger partial charge on any atom is 0.253 e. The summed E-state index contributed by atoms with van der Waals surface area (Å²) in [5.74, 6) is -0.345. The fourth-order valence-corrected chi connectivity index (χ4v) is 4.59. The average Bonchev–Trinajstić information content (AvgIpc) is 3.48. The number of aliphatic hydroxyl groups is 1. The van der Waals surface area contributed by atoms with Crippen molar-refractivity contribution >= 4 is 34.6 Å². The first-order valence-electron chi connectivity index (χ1n) is 13.3. The molecular weight excluding hydrogens is 545 g/mol.